The van der Waals surface area contributed by atoms with E-state index in [0.717, 1.165) is 31.6 Å². The molecule has 0 bridgehead atoms. The minimum atomic E-state index is 0.0676. The van der Waals surface area contributed by atoms with Crippen LogP contribution in [0.1, 0.15) is 34.7 Å². The fraction of sp³-hybridized carbons (Fsp3) is 0.391. The molecule has 0 spiro atoms. The van der Waals surface area contributed by atoms with Crippen molar-refractivity contribution in [3.63, 3.8) is 0 Å². The van der Waals surface area contributed by atoms with E-state index in [0.29, 0.717) is 6.42 Å². The van der Waals surface area contributed by atoms with E-state index in [1.807, 2.05) is 12.3 Å². The van der Waals surface area contributed by atoms with Gasteiger partial charge in [-0.25, -0.2) is 0 Å². The largest absolute Gasteiger partial charge is 0.342 e. The van der Waals surface area contributed by atoms with Crippen molar-refractivity contribution in [3.05, 3.63) is 65.1 Å². The lowest BCUT2D eigenvalue weighted by Crippen LogP contribution is -2.28. The van der Waals surface area contributed by atoms with Crippen LogP contribution in [0.5, 0.6) is 0 Å². The normalized spacial score (nSPS) is 15.5. The molecule has 0 saturated heterocycles. The maximum absolute atomic E-state index is 12.2. The Morgan fingerprint density at radius 3 is 2.93 bits per heavy atom. The summed E-state index contributed by atoms with van der Waals surface area (Å²) in [5.74, 6) is 0.158. The summed E-state index contributed by atoms with van der Waals surface area (Å²) in [4.78, 5) is 18.9. The van der Waals surface area contributed by atoms with Crippen LogP contribution in [0.25, 0.3) is 10.9 Å². The number of nitrogens with zero attached hydrogens (tertiary/aromatic N) is 3. The molecule has 1 aliphatic rings. The molecule has 2 N–H and O–H groups in total. The SMILES string of the molecule is Cc1ccc2c(c1)c1c(n2CC(CC(=O)CN)c2cccnc2)CN(C)CC1. The molecular weight excluding hydrogens is 348 g/mol. The molecule has 4 rings (SSSR count). The summed E-state index contributed by atoms with van der Waals surface area (Å²) in [6.45, 7) is 5.02. The van der Waals surface area contributed by atoms with Crippen molar-refractivity contribution in [2.24, 2.45) is 5.73 Å². The molecule has 2 aromatic heterocycles. The molecule has 1 aliphatic heterocycles. The zero-order valence-corrected chi connectivity index (χ0v) is 16.7. The Hall–Kier alpha value is -2.50. The van der Waals surface area contributed by atoms with Crippen LogP contribution in [-0.4, -0.2) is 40.4 Å². The number of hydrogen-bond acceptors (Lipinski definition) is 4. The summed E-state index contributed by atoms with van der Waals surface area (Å²) < 4.78 is 2.43. The molecule has 28 heavy (non-hydrogen) atoms. The van der Waals surface area contributed by atoms with Gasteiger partial charge in [0.2, 0.25) is 0 Å². The fourth-order valence-corrected chi connectivity index (χ4v) is 4.38. The van der Waals surface area contributed by atoms with Gasteiger partial charge < -0.3 is 15.2 Å². The van der Waals surface area contributed by atoms with E-state index < -0.39 is 0 Å². The average molecular weight is 377 g/mol. The highest BCUT2D eigenvalue weighted by molar-refractivity contribution is 5.87. The standard InChI is InChI=1S/C23H28N4O/c1-16-5-6-22-21(10-16)20-7-9-26(2)15-23(20)27(22)14-18(11-19(28)12-24)17-4-3-8-25-13-17/h3-6,8,10,13,18H,7,9,11-12,14-15,24H2,1-2H3. The summed E-state index contributed by atoms with van der Waals surface area (Å²) in [6.07, 6.45) is 5.16. The first-order valence-corrected chi connectivity index (χ1v) is 9.97. The molecule has 0 aliphatic carbocycles. The van der Waals surface area contributed by atoms with Crippen molar-refractivity contribution in [3.8, 4) is 0 Å². The van der Waals surface area contributed by atoms with Crippen LogP contribution >= 0.6 is 0 Å². The van der Waals surface area contributed by atoms with E-state index in [1.54, 1.807) is 6.20 Å². The van der Waals surface area contributed by atoms with Gasteiger partial charge in [-0.05, 0) is 49.7 Å². The van der Waals surface area contributed by atoms with Gasteiger partial charge in [0.25, 0.3) is 0 Å². The van der Waals surface area contributed by atoms with E-state index in [2.05, 4.69) is 52.7 Å². The van der Waals surface area contributed by atoms with Crippen LogP contribution < -0.4 is 5.73 Å². The third kappa shape index (κ3) is 3.60. The smallest absolute Gasteiger partial charge is 0.147 e. The highest BCUT2D eigenvalue weighted by atomic mass is 16.1. The average Bonchev–Trinajstić information content (AvgIpc) is 3.00. The second kappa shape index (κ2) is 7.86. The number of ketones is 1. The highest BCUT2D eigenvalue weighted by Crippen LogP contribution is 2.34. The number of benzene rings is 1. The van der Waals surface area contributed by atoms with Crippen molar-refractivity contribution in [1.29, 1.82) is 0 Å². The van der Waals surface area contributed by atoms with Crippen molar-refractivity contribution in [2.45, 2.75) is 38.8 Å². The quantitative estimate of drug-likeness (QED) is 0.718. The number of carbonyl (C=O) groups excluding carboxylic acids is 1. The summed E-state index contributed by atoms with van der Waals surface area (Å²) >= 11 is 0. The van der Waals surface area contributed by atoms with Crippen molar-refractivity contribution >= 4 is 16.7 Å². The molecule has 3 heterocycles. The number of pyridine rings is 1. The number of Topliss-reactive ketones (excluding diaryl/α,β-unsaturated/α-hetero) is 1. The van der Waals surface area contributed by atoms with E-state index in [1.165, 1.54) is 27.7 Å². The van der Waals surface area contributed by atoms with Crippen LogP contribution in [0.4, 0.5) is 0 Å². The second-order valence-electron chi connectivity index (χ2n) is 7.97. The number of nitrogens with two attached hydrogens (primary N) is 1. The zero-order chi connectivity index (χ0) is 19.7. The van der Waals surface area contributed by atoms with E-state index in [-0.39, 0.29) is 18.2 Å². The van der Waals surface area contributed by atoms with Crippen LogP contribution in [0.15, 0.2) is 42.7 Å². The fourth-order valence-electron chi connectivity index (χ4n) is 4.38. The summed E-state index contributed by atoms with van der Waals surface area (Å²) in [6, 6.07) is 10.7. The topological polar surface area (TPSA) is 64.1 Å². The van der Waals surface area contributed by atoms with E-state index >= 15 is 0 Å². The van der Waals surface area contributed by atoms with Gasteiger partial charge in [-0.1, -0.05) is 17.7 Å². The van der Waals surface area contributed by atoms with Gasteiger partial charge in [0.1, 0.15) is 5.78 Å². The molecule has 146 valence electrons. The molecule has 0 fully saturated rings. The van der Waals surface area contributed by atoms with Gasteiger partial charge in [-0.2, -0.15) is 0 Å². The summed E-state index contributed by atoms with van der Waals surface area (Å²) in [5, 5.41) is 1.36. The number of hydrogen-bond donors (Lipinski definition) is 1. The first-order valence-electron chi connectivity index (χ1n) is 9.97. The number of carbonyl (C=O) groups is 1. The van der Waals surface area contributed by atoms with Gasteiger partial charge in [0.05, 0.1) is 6.54 Å². The van der Waals surface area contributed by atoms with Crippen LogP contribution in [0.3, 0.4) is 0 Å². The van der Waals surface area contributed by atoms with E-state index in [9.17, 15) is 4.79 Å². The van der Waals surface area contributed by atoms with Gasteiger partial charge in [-0.3, -0.25) is 9.78 Å². The van der Waals surface area contributed by atoms with Crippen molar-refractivity contribution in [2.75, 3.05) is 20.1 Å². The lowest BCUT2D eigenvalue weighted by atomic mass is 9.94. The number of likely N-dealkylation sites (N-methyl/N-ethyl adjacent to an activating group) is 1. The lowest BCUT2D eigenvalue weighted by Gasteiger charge is -2.26. The van der Waals surface area contributed by atoms with Crippen molar-refractivity contribution in [1.82, 2.24) is 14.5 Å². The first kappa shape index (κ1) is 18.8. The van der Waals surface area contributed by atoms with Gasteiger partial charge >= 0.3 is 0 Å². The monoisotopic (exact) mass is 376 g/mol. The molecule has 0 saturated carbocycles. The Bertz CT molecular complexity index is 993. The molecule has 0 radical (unpaired) electrons. The number of aryl methyl sites for hydroxylation is 1. The molecular formula is C23H28N4O. The molecule has 1 atom stereocenters. The molecule has 0 amide bonds. The number of rotatable bonds is 6. The lowest BCUT2D eigenvalue weighted by molar-refractivity contribution is -0.118. The molecule has 3 aromatic rings. The molecule has 1 aromatic carbocycles. The predicted molar refractivity (Wildman–Crippen MR) is 112 cm³/mol. The Labute approximate surface area is 166 Å². The first-order chi connectivity index (χ1) is 13.6. The summed E-state index contributed by atoms with van der Waals surface area (Å²) in [7, 11) is 2.17. The maximum atomic E-state index is 12.2. The second-order valence-corrected chi connectivity index (χ2v) is 7.97. The highest BCUT2D eigenvalue weighted by Gasteiger charge is 2.25. The third-order valence-electron chi connectivity index (χ3n) is 5.87. The Morgan fingerprint density at radius 2 is 2.18 bits per heavy atom. The molecule has 5 heteroatoms. The van der Waals surface area contributed by atoms with Gasteiger partial charge in [0, 0.05) is 61.0 Å². The van der Waals surface area contributed by atoms with Crippen molar-refractivity contribution < 1.29 is 4.79 Å². The minimum Gasteiger partial charge on any atom is -0.342 e. The van der Waals surface area contributed by atoms with Gasteiger partial charge in [0.15, 0.2) is 0 Å². The Kier molecular flexibility index (Phi) is 5.29. The van der Waals surface area contributed by atoms with Crippen LogP contribution in [0, 0.1) is 6.92 Å². The maximum Gasteiger partial charge on any atom is 0.147 e. The van der Waals surface area contributed by atoms with E-state index in [4.69, 9.17) is 5.73 Å². The third-order valence-corrected chi connectivity index (χ3v) is 5.87. The Morgan fingerprint density at radius 1 is 1.32 bits per heavy atom. The van der Waals surface area contributed by atoms with Crippen LogP contribution in [-0.2, 0) is 24.3 Å². The molecule has 5 nitrogen and oxygen atoms in total. The van der Waals surface area contributed by atoms with Gasteiger partial charge in [-0.15, -0.1) is 0 Å². The zero-order valence-electron chi connectivity index (χ0n) is 16.7. The number of aromatic nitrogens is 2. The number of fused-ring (bicyclic) bond motifs is 3. The molecule has 1 unspecified atom stereocenters. The Balaban J connectivity index is 1.80. The summed E-state index contributed by atoms with van der Waals surface area (Å²) in [5.41, 5.74) is 12.1. The van der Waals surface area contributed by atoms with Crippen LogP contribution in [0.2, 0.25) is 0 Å². The predicted octanol–water partition coefficient (Wildman–Crippen LogP) is 3.03. The minimum absolute atomic E-state index is 0.0676.